The molecule has 2 aromatic heterocycles. The minimum Gasteiger partial charge on any atom is -0.320 e. The predicted molar refractivity (Wildman–Crippen MR) is 75.7 cm³/mol. The lowest BCUT2D eigenvalue weighted by Gasteiger charge is -2.36. The van der Waals surface area contributed by atoms with Crippen molar-refractivity contribution in [3.63, 3.8) is 0 Å². The zero-order valence-electron chi connectivity index (χ0n) is 11.5. The summed E-state index contributed by atoms with van der Waals surface area (Å²) in [6.07, 6.45) is 6.16. The van der Waals surface area contributed by atoms with Crippen molar-refractivity contribution in [2.24, 2.45) is 5.73 Å². The van der Waals surface area contributed by atoms with Crippen LogP contribution in [0.2, 0.25) is 0 Å². The molecule has 3 nitrogen and oxygen atoms in total. The first-order chi connectivity index (χ1) is 9.59. The Kier molecular flexibility index (Phi) is 3.26. The van der Waals surface area contributed by atoms with Gasteiger partial charge in [-0.25, -0.2) is 4.39 Å². The van der Waals surface area contributed by atoms with Gasteiger partial charge in [-0.3, -0.25) is 9.97 Å². The van der Waals surface area contributed by atoms with Gasteiger partial charge in [-0.05, 0) is 49.9 Å². The van der Waals surface area contributed by atoms with Crippen LogP contribution in [-0.4, -0.2) is 9.97 Å². The van der Waals surface area contributed by atoms with Crippen LogP contribution in [0.25, 0.3) is 0 Å². The van der Waals surface area contributed by atoms with Gasteiger partial charge >= 0.3 is 0 Å². The molecule has 2 N–H and O–H groups in total. The molecule has 0 saturated carbocycles. The Labute approximate surface area is 118 Å². The molecule has 2 heterocycles. The van der Waals surface area contributed by atoms with E-state index in [1.807, 2.05) is 19.2 Å². The molecule has 2 atom stereocenters. The van der Waals surface area contributed by atoms with Crippen molar-refractivity contribution in [2.45, 2.75) is 37.6 Å². The number of rotatable bonds is 2. The fraction of sp³-hybridized carbons (Fsp3) is 0.375. The van der Waals surface area contributed by atoms with Crippen molar-refractivity contribution in [1.82, 2.24) is 9.97 Å². The summed E-state index contributed by atoms with van der Waals surface area (Å²) >= 11 is 0. The number of hydrogen-bond donors (Lipinski definition) is 1. The first-order valence-electron chi connectivity index (χ1n) is 6.94. The molecular weight excluding hydrogens is 253 g/mol. The second-order valence-electron chi connectivity index (χ2n) is 5.64. The minimum absolute atomic E-state index is 0.116. The van der Waals surface area contributed by atoms with E-state index in [1.54, 1.807) is 6.07 Å². The number of nitrogens with zero attached hydrogens (tertiary/aromatic N) is 2. The average molecular weight is 271 g/mol. The van der Waals surface area contributed by atoms with Crippen LogP contribution in [0.4, 0.5) is 4.39 Å². The summed E-state index contributed by atoms with van der Waals surface area (Å²) in [5, 5.41) is 0. The number of fused-ring (bicyclic) bond motifs is 1. The van der Waals surface area contributed by atoms with Crippen LogP contribution >= 0.6 is 0 Å². The van der Waals surface area contributed by atoms with E-state index >= 15 is 0 Å². The Morgan fingerprint density at radius 1 is 1.30 bits per heavy atom. The number of aryl methyl sites for hydroxylation is 1. The molecule has 0 aromatic carbocycles. The van der Waals surface area contributed by atoms with E-state index in [4.69, 9.17) is 5.73 Å². The van der Waals surface area contributed by atoms with Crippen molar-refractivity contribution < 1.29 is 4.39 Å². The van der Waals surface area contributed by atoms with Gasteiger partial charge in [0.2, 0.25) is 0 Å². The molecule has 1 aliphatic rings. The molecule has 0 aliphatic heterocycles. The summed E-state index contributed by atoms with van der Waals surface area (Å²) in [6, 6.07) is 7.16. The van der Waals surface area contributed by atoms with E-state index in [-0.39, 0.29) is 11.7 Å². The van der Waals surface area contributed by atoms with Crippen molar-refractivity contribution in [3.05, 3.63) is 59.4 Å². The average Bonchev–Trinajstić information content (AvgIpc) is 2.47. The molecule has 0 fully saturated rings. The lowest BCUT2D eigenvalue weighted by molar-refractivity contribution is 0.333. The third-order valence-corrected chi connectivity index (χ3v) is 4.20. The van der Waals surface area contributed by atoms with Gasteiger partial charge in [0.15, 0.2) is 0 Å². The van der Waals surface area contributed by atoms with Crippen LogP contribution in [-0.2, 0) is 12.0 Å². The highest BCUT2D eigenvalue weighted by Gasteiger charge is 2.37. The second-order valence-corrected chi connectivity index (χ2v) is 5.64. The van der Waals surface area contributed by atoms with Gasteiger partial charge in [0.1, 0.15) is 5.82 Å². The molecular formula is C16H18FN3. The fourth-order valence-corrected chi connectivity index (χ4v) is 3.07. The van der Waals surface area contributed by atoms with Crippen molar-refractivity contribution in [1.29, 1.82) is 0 Å². The molecule has 0 saturated heterocycles. The predicted octanol–water partition coefficient (Wildman–Crippen LogP) is 2.91. The van der Waals surface area contributed by atoms with Gasteiger partial charge in [0.05, 0.1) is 17.4 Å². The molecule has 104 valence electrons. The SMILES string of the molecule is CC(N)(c1ccc(F)cn1)C1CCCc2cccnc21. The van der Waals surface area contributed by atoms with Gasteiger partial charge < -0.3 is 5.73 Å². The molecule has 3 rings (SSSR count). The maximum absolute atomic E-state index is 13.0. The van der Waals surface area contributed by atoms with Crippen LogP contribution in [0.15, 0.2) is 36.7 Å². The highest BCUT2D eigenvalue weighted by atomic mass is 19.1. The highest BCUT2D eigenvalue weighted by Crippen LogP contribution is 2.40. The summed E-state index contributed by atoms with van der Waals surface area (Å²) in [7, 11) is 0. The van der Waals surface area contributed by atoms with E-state index in [1.165, 1.54) is 17.8 Å². The normalized spacial score (nSPS) is 21.1. The Hall–Kier alpha value is -1.81. The number of halogens is 1. The van der Waals surface area contributed by atoms with Gasteiger partial charge in [-0.1, -0.05) is 6.07 Å². The van der Waals surface area contributed by atoms with Gasteiger partial charge in [-0.15, -0.1) is 0 Å². The molecule has 1 aliphatic carbocycles. The lowest BCUT2D eigenvalue weighted by atomic mass is 9.73. The summed E-state index contributed by atoms with van der Waals surface area (Å²) in [4.78, 5) is 8.70. The molecule has 2 aromatic rings. The van der Waals surface area contributed by atoms with Crippen molar-refractivity contribution >= 4 is 0 Å². The summed E-state index contributed by atoms with van der Waals surface area (Å²) < 4.78 is 13.0. The second kappa shape index (κ2) is 4.94. The molecule has 0 bridgehead atoms. The van der Waals surface area contributed by atoms with E-state index in [0.717, 1.165) is 25.0 Å². The Balaban J connectivity index is 2.02. The van der Waals surface area contributed by atoms with Gasteiger partial charge in [-0.2, -0.15) is 0 Å². The molecule has 4 heteroatoms. The number of nitrogens with two attached hydrogens (primary N) is 1. The van der Waals surface area contributed by atoms with Crippen LogP contribution < -0.4 is 5.73 Å². The van der Waals surface area contributed by atoms with Crippen molar-refractivity contribution in [3.8, 4) is 0 Å². The van der Waals surface area contributed by atoms with Crippen LogP contribution in [0.3, 0.4) is 0 Å². The van der Waals surface area contributed by atoms with E-state index in [2.05, 4.69) is 16.0 Å². The van der Waals surface area contributed by atoms with Gasteiger partial charge in [0.25, 0.3) is 0 Å². The monoisotopic (exact) mass is 271 g/mol. The Bertz CT molecular complexity index is 607. The lowest BCUT2D eigenvalue weighted by Crippen LogP contribution is -2.42. The largest absolute Gasteiger partial charge is 0.320 e. The van der Waals surface area contributed by atoms with Crippen molar-refractivity contribution in [2.75, 3.05) is 0 Å². The summed E-state index contributed by atoms with van der Waals surface area (Å²) in [5.41, 5.74) is 8.95. The molecule has 0 spiro atoms. The third-order valence-electron chi connectivity index (χ3n) is 4.20. The van der Waals surface area contributed by atoms with Crippen LogP contribution in [0, 0.1) is 5.82 Å². The smallest absolute Gasteiger partial charge is 0.141 e. The van der Waals surface area contributed by atoms with Gasteiger partial charge in [0, 0.05) is 17.8 Å². The molecule has 0 amide bonds. The Morgan fingerprint density at radius 2 is 2.15 bits per heavy atom. The highest BCUT2D eigenvalue weighted by molar-refractivity contribution is 5.32. The molecule has 0 radical (unpaired) electrons. The summed E-state index contributed by atoms with van der Waals surface area (Å²) in [5.74, 6) is -0.225. The standard InChI is InChI=1S/C16H18FN3/c1-16(18,14-8-7-12(17)10-20-14)13-6-2-4-11-5-3-9-19-15(11)13/h3,5,7-10,13H,2,4,6,18H2,1H3. The molecule has 20 heavy (non-hydrogen) atoms. The summed E-state index contributed by atoms with van der Waals surface area (Å²) in [6.45, 7) is 1.96. The Morgan fingerprint density at radius 3 is 2.90 bits per heavy atom. The van der Waals surface area contributed by atoms with Crippen LogP contribution in [0.1, 0.15) is 42.6 Å². The fourth-order valence-electron chi connectivity index (χ4n) is 3.07. The zero-order chi connectivity index (χ0) is 14.2. The number of pyridine rings is 2. The first-order valence-corrected chi connectivity index (χ1v) is 6.94. The number of aromatic nitrogens is 2. The van der Waals surface area contributed by atoms with E-state index in [0.29, 0.717) is 5.69 Å². The first kappa shape index (κ1) is 13.2. The minimum atomic E-state index is -0.642. The van der Waals surface area contributed by atoms with E-state index < -0.39 is 5.54 Å². The van der Waals surface area contributed by atoms with Crippen LogP contribution in [0.5, 0.6) is 0 Å². The quantitative estimate of drug-likeness (QED) is 0.913. The topological polar surface area (TPSA) is 51.8 Å². The maximum atomic E-state index is 13.0. The third kappa shape index (κ3) is 2.20. The molecule has 2 unspecified atom stereocenters. The van der Waals surface area contributed by atoms with E-state index in [9.17, 15) is 4.39 Å². The maximum Gasteiger partial charge on any atom is 0.141 e. The zero-order valence-corrected chi connectivity index (χ0v) is 11.5. The number of hydrogen-bond acceptors (Lipinski definition) is 3.